The zero-order valence-electron chi connectivity index (χ0n) is 9.63. The Balaban J connectivity index is 2.46. The average Bonchev–Trinajstić information content (AvgIpc) is 2.33. The minimum absolute atomic E-state index is 0.169. The Morgan fingerprint density at radius 2 is 2.16 bits per heavy atom. The van der Waals surface area contributed by atoms with Crippen LogP contribution in [0.4, 0.5) is 10.1 Å². The number of nitrogens with zero attached hydrogens (tertiary/aromatic N) is 3. The quantitative estimate of drug-likeness (QED) is 0.491. The second-order valence-electron chi connectivity index (χ2n) is 3.61. The van der Waals surface area contributed by atoms with Crippen molar-refractivity contribution >= 4 is 17.3 Å². The van der Waals surface area contributed by atoms with Gasteiger partial charge in [0, 0.05) is 0 Å². The molecule has 2 rings (SSSR count). The molecule has 19 heavy (non-hydrogen) atoms. The summed E-state index contributed by atoms with van der Waals surface area (Å²) in [6.07, 6.45) is 0.998. The van der Waals surface area contributed by atoms with Crippen molar-refractivity contribution in [2.75, 3.05) is 0 Å². The SMILES string of the molecule is Cc1ccc(F)c(Oc2ncnc(Cl)c2[N+](=O)[O-])c1. The Morgan fingerprint density at radius 1 is 1.42 bits per heavy atom. The number of rotatable bonds is 3. The van der Waals surface area contributed by atoms with Gasteiger partial charge in [0.25, 0.3) is 0 Å². The van der Waals surface area contributed by atoms with Crippen molar-refractivity contribution in [3.8, 4) is 11.6 Å². The zero-order chi connectivity index (χ0) is 14.0. The van der Waals surface area contributed by atoms with Gasteiger partial charge >= 0.3 is 11.6 Å². The highest BCUT2D eigenvalue weighted by molar-refractivity contribution is 6.31. The third kappa shape index (κ3) is 2.76. The van der Waals surface area contributed by atoms with Crippen LogP contribution in [0.5, 0.6) is 11.6 Å². The van der Waals surface area contributed by atoms with E-state index < -0.39 is 22.3 Å². The summed E-state index contributed by atoms with van der Waals surface area (Å²) in [5.41, 5.74) is 0.129. The number of aromatic nitrogens is 2. The van der Waals surface area contributed by atoms with Gasteiger partial charge in [-0.2, -0.15) is 4.98 Å². The molecule has 0 amide bonds. The molecule has 0 spiro atoms. The van der Waals surface area contributed by atoms with Crippen LogP contribution in [0.2, 0.25) is 5.15 Å². The second-order valence-corrected chi connectivity index (χ2v) is 3.97. The molecule has 0 bridgehead atoms. The molecule has 2 aromatic rings. The molecule has 0 N–H and O–H groups in total. The van der Waals surface area contributed by atoms with Crippen LogP contribution >= 0.6 is 11.6 Å². The number of halogens is 2. The number of hydrogen-bond donors (Lipinski definition) is 0. The van der Waals surface area contributed by atoms with Gasteiger partial charge in [-0.25, -0.2) is 9.37 Å². The van der Waals surface area contributed by atoms with E-state index in [0.717, 1.165) is 11.9 Å². The van der Waals surface area contributed by atoms with Crippen LogP contribution in [0.3, 0.4) is 0 Å². The van der Waals surface area contributed by atoms with Gasteiger partial charge < -0.3 is 4.74 Å². The van der Waals surface area contributed by atoms with Gasteiger partial charge in [0.2, 0.25) is 5.15 Å². The van der Waals surface area contributed by atoms with E-state index in [-0.39, 0.29) is 10.9 Å². The van der Waals surface area contributed by atoms with Crippen LogP contribution in [-0.4, -0.2) is 14.9 Å². The lowest BCUT2D eigenvalue weighted by Gasteiger charge is -2.07. The summed E-state index contributed by atoms with van der Waals surface area (Å²) in [5, 5.41) is 10.5. The number of aryl methyl sites for hydroxylation is 1. The standard InChI is InChI=1S/C11H7ClFN3O3/c1-6-2-3-7(13)8(4-6)19-11-9(16(17)18)10(12)14-5-15-11/h2-5H,1H3. The topological polar surface area (TPSA) is 78.2 Å². The van der Waals surface area contributed by atoms with E-state index in [0.29, 0.717) is 0 Å². The average molecular weight is 284 g/mol. The van der Waals surface area contributed by atoms with Crippen molar-refractivity contribution in [3.05, 3.63) is 51.2 Å². The molecule has 98 valence electrons. The molecule has 1 aromatic carbocycles. The summed E-state index contributed by atoms with van der Waals surface area (Å²) >= 11 is 5.60. The Kier molecular flexibility index (Phi) is 3.57. The third-order valence-electron chi connectivity index (χ3n) is 2.22. The Bertz CT molecular complexity index is 651. The van der Waals surface area contributed by atoms with Gasteiger partial charge in [-0.15, -0.1) is 0 Å². The molecule has 0 unspecified atom stereocenters. The molecular formula is C11H7ClFN3O3. The van der Waals surface area contributed by atoms with E-state index in [9.17, 15) is 14.5 Å². The minimum Gasteiger partial charge on any atom is -0.430 e. The molecule has 6 nitrogen and oxygen atoms in total. The van der Waals surface area contributed by atoms with Crippen molar-refractivity contribution in [2.45, 2.75) is 6.92 Å². The van der Waals surface area contributed by atoms with Gasteiger partial charge in [-0.1, -0.05) is 17.7 Å². The summed E-state index contributed by atoms with van der Waals surface area (Å²) in [7, 11) is 0. The molecule has 0 atom stereocenters. The number of hydrogen-bond acceptors (Lipinski definition) is 5. The van der Waals surface area contributed by atoms with Crippen molar-refractivity contribution in [1.29, 1.82) is 0 Å². The summed E-state index contributed by atoms with van der Waals surface area (Å²) in [4.78, 5) is 17.1. The predicted molar refractivity (Wildman–Crippen MR) is 64.9 cm³/mol. The van der Waals surface area contributed by atoms with Crippen molar-refractivity contribution in [2.24, 2.45) is 0 Å². The lowest BCUT2D eigenvalue weighted by Crippen LogP contribution is -1.99. The molecule has 0 aliphatic rings. The molecule has 0 aliphatic carbocycles. The fourth-order valence-electron chi connectivity index (χ4n) is 1.36. The van der Waals surface area contributed by atoms with Crippen LogP contribution < -0.4 is 4.74 Å². The largest absolute Gasteiger partial charge is 0.430 e. The first-order chi connectivity index (χ1) is 8.99. The molecular weight excluding hydrogens is 277 g/mol. The first kappa shape index (κ1) is 13.2. The molecule has 0 saturated carbocycles. The maximum absolute atomic E-state index is 13.5. The highest BCUT2D eigenvalue weighted by atomic mass is 35.5. The molecule has 1 aromatic heterocycles. The number of ether oxygens (including phenoxy) is 1. The minimum atomic E-state index is -0.786. The van der Waals surface area contributed by atoms with Crippen LogP contribution in [0.25, 0.3) is 0 Å². The summed E-state index contributed by atoms with van der Waals surface area (Å²) in [6, 6.07) is 4.14. The van der Waals surface area contributed by atoms with E-state index in [1.165, 1.54) is 12.1 Å². The van der Waals surface area contributed by atoms with Crippen molar-refractivity contribution in [3.63, 3.8) is 0 Å². The lowest BCUT2D eigenvalue weighted by molar-refractivity contribution is -0.386. The molecule has 1 heterocycles. The van der Waals surface area contributed by atoms with Gasteiger partial charge in [0.05, 0.1) is 4.92 Å². The summed E-state index contributed by atoms with van der Waals surface area (Å²) in [5.74, 6) is -1.23. The van der Waals surface area contributed by atoms with E-state index in [1.807, 2.05) is 0 Å². The van der Waals surface area contributed by atoms with E-state index in [1.54, 1.807) is 13.0 Å². The highest BCUT2D eigenvalue weighted by Crippen LogP contribution is 2.34. The molecule has 0 saturated heterocycles. The fourth-order valence-corrected chi connectivity index (χ4v) is 1.56. The van der Waals surface area contributed by atoms with Gasteiger partial charge in [-0.3, -0.25) is 10.1 Å². The predicted octanol–water partition coefficient (Wildman–Crippen LogP) is 3.28. The Hall–Kier alpha value is -2.28. The van der Waals surface area contributed by atoms with E-state index in [2.05, 4.69) is 9.97 Å². The number of nitro groups is 1. The highest BCUT2D eigenvalue weighted by Gasteiger charge is 2.24. The number of benzene rings is 1. The molecule has 8 heteroatoms. The maximum Gasteiger partial charge on any atom is 0.368 e. The van der Waals surface area contributed by atoms with Gasteiger partial charge in [-0.05, 0) is 24.6 Å². The Labute approximate surface area is 112 Å². The first-order valence-corrected chi connectivity index (χ1v) is 5.45. The Morgan fingerprint density at radius 3 is 2.84 bits per heavy atom. The van der Waals surface area contributed by atoms with Crippen molar-refractivity contribution in [1.82, 2.24) is 9.97 Å². The van der Waals surface area contributed by atoms with E-state index in [4.69, 9.17) is 16.3 Å². The van der Waals surface area contributed by atoms with Gasteiger partial charge in [0.1, 0.15) is 6.33 Å². The molecule has 0 aliphatic heterocycles. The third-order valence-corrected chi connectivity index (χ3v) is 2.50. The fraction of sp³-hybridized carbons (Fsp3) is 0.0909. The molecule has 0 radical (unpaired) electrons. The summed E-state index contributed by atoms with van der Waals surface area (Å²) < 4.78 is 18.6. The van der Waals surface area contributed by atoms with Crippen molar-refractivity contribution < 1.29 is 14.1 Å². The maximum atomic E-state index is 13.5. The second kappa shape index (κ2) is 5.15. The summed E-state index contributed by atoms with van der Waals surface area (Å²) in [6.45, 7) is 1.73. The van der Waals surface area contributed by atoms with Crippen LogP contribution in [-0.2, 0) is 0 Å². The lowest BCUT2D eigenvalue weighted by atomic mass is 10.2. The van der Waals surface area contributed by atoms with Crippen LogP contribution in [0.1, 0.15) is 5.56 Å². The smallest absolute Gasteiger partial charge is 0.368 e. The van der Waals surface area contributed by atoms with Crippen LogP contribution in [0.15, 0.2) is 24.5 Å². The normalized spacial score (nSPS) is 10.3. The molecule has 0 fully saturated rings. The monoisotopic (exact) mass is 283 g/mol. The zero-order valence-corrected chi connectivity index (χ0v) is 10.4. The van der Waals surface area contributed by atoms with E-state index >= 15 is 0 Å². The van der Waals surface area contributed by atoms with Crippen LogP contribution in [0, 0.1) is 22.9 Å². The van der Waals surface area contributed by atoms with Gasteiger partial charge in [0.15, 0.2) is 11.6 Å². The first-order valence-electron chi connectivity index (χ1n) is 5.08.